The smallest absolute Gasteiger partial charge is 0.0164 e. The summed E-state index contributed by atoms with van der Waals surface area (Å²) in [5.41, 5.74) is 4.36. The van der Waals surface area contributed by atoms with Gasteiger partial charge in [-0.2, -0.15) is 0 Å². The highest BCUT2D eigenvalue weighted by molar-refractivity contribution is 5.54. The summed E-state index contributed by atoms with van der Waals surface area (Å²) in [6.07, 6.45) is 3.38. The molecule has 0 radical (unpaired) electrons. The van der Waals surface area contributed by atoms with Crippen molar-refractivity contribution in [2.24, 2.45) is 0 Å². The van der Waals surface area contributed by atoms with E-state index in [0.717, 1.165) is 13.0 Å². The van der Waals surface area contributed by atoms with Gasteiger partial charge in [-0.15, -0.1) is 0 Å². The van der Waals surface area contributed by atoms with Crippen molar-refractivity contribution in [2.45, 2.75) is 39.5 Å². The van der Waals surface area contributed by atoms with Gasteiger partial charge in [0.2, 0.25) is 0 Å². The van der Waals surface area contributed by atoms with Gasteiger partial charge in [0.1, 0.15) is 0 Å². The van der Waals surface area contributed by atoms with Crippen LogP contribution in [0.25, 0.3) is 6.08 Å². The molecular weight excluding hydrogens is 206 g/mol. The van der Waals surface area contributed by atoms with E-state index in [4.69, 9.17) is 0 Å². The molecule has 0 spiro atoms. The summed E-state index contributed by atoms with van der Waals surface area (Å²) in [7, 11) is 1.99. The van der Waals surface area contributed by atoms with E-state index in [0.29, 0.717) is 0 Å². The molecule has 1 aromatic carbocycles. The van der Waals surface area contributed by atoms with Crippen LogP contribution in [0.1, 0.15) is 45.2 Å². The maximum atomic E-state index is 3.21. The van der Waals surface area contributed by atoms with Gasteiger partial charge in [-0.3, -0.25) is 0 Å². The van der Waals surface area contributed by atoms with Crippen molar-refractivity contribution in [3.8, 4) is 0 Å². The van der Waals surface area contributed by atoms with Gasteiger partial charge in [0, 0.05) is 6.54 Å². The van der Waals surface area contributed by atoms with E-state index in [1.165, 1.54) is 16.7 Å². The van der Waals surface area contributed by atoms with E-state index >= 15 is 0 Å². The largest absolute Gasteiger partial charge is 0.316 e. The Morgan fingerprint density at radius 1 is 1.18 bits per heavy atom. The molecule has 0 amide bonds. The van der Waals surface area contributed by atoms with Crippen LogP contribution < -0.4 is 5.32 Å². The summed E-state index contributed by atoms with van der Waals surface area (Å²) in [5.74, 6) is 0. The van der Waals surface area contributed by atoms with E-state index in [1.807, 2.05) is 7.05 Å². The Balaban J connectivity index is 2.87. The van der Waals surface area contributed by atoms with E-state index in [-0.39, 0.29) is 5.41 Å². The molecule has 0 fully saturated rings. The Labute approximate surface area is 106 Å². The summed E-state index contributed by atoms with van der Waals surface area (Å²) in [4.78, 5) is 0. The number of benzene rings is 1. The lowest BCUT2D eigenvalue weighted by molar-refractivity contribution is 0.590. The van der Waals surface area contributed by atoms with Crippen LogP contribution in [0.2, 0.25) is 0 Å². The zero-order chi connectivity index (χ0) is 12.9. The fourth-order valence-electron chi connectivity index (χ4n) is 1.82. The van der Waals surface area contributed by atoms with Crippen LogP contribution in [0.5, 0.6) is 0 Å². The van der Waals surface area contributed by atoms with Crippen molar-refractivity contribution in [3.63, 3.8) is 0 Å². The minimum absolute atomic E-state index is 0.237. The Hall–Kier alpha value is -1.08. The molecule has 1 aromatic rings. The van der Waals surface area contributed by atoms with Crippen molar-refractivity contribution in [3.05, 3.63) is 41.0 Å². The van der Waals surface area contributed by atoms with E-state index in [9.17, 15) is 0 Å². The minimum Gasteiger partial charge on any atom is -0.316 e. The molecule has 1 nitrogen and oxygen atoms in total. The Morgan fingerprint density at radius 3 is 2.18 bits per heavy atom. The predicted octanol–water partition coefficient (Wildman–Crippen LogP) is 4.00. The zero-order valence-electron chi connectivity index (χ0n) is 11.8. The van der Waals surface area contributed by atoms with Crippen LogP contribution in [0.3, 0.4) is 0 Å². The quantitative estimate of drug-likeness (QED) is 0.826. The van der Waals surface area contributed by atoms with Gasteiger partial charge in [0.15, 0.2) is 0 Å². The molecule has 94 valence electrons. The fourth-order valence-corrected chi connectivity index (χ4v) is 1.82. The molecule has 0 saturated carbocycles. The Kier molecular flexibility index (Phi) is 4.95. The molecule has 0 aliphatic carbocycles. The predicted molar refractivity (Wildman–Crippen MR) is 77.3 cm³/mol. The third-order valence-electron chi connectivity index (χ3n) is 3.01. The molecule has 0 aliphatic rings. The van der Waals surface area contributed by atoms with Crippen LogP contribution >= 0.6 is 0 Å². The molecular formula is C16H25N. The maximum Gasteiger partial charge on any atom is 0.0164 e. The molecule has 1 rings (SSSR count). The first kappa shape index (κ1) is 14.0. The molecule has 0 atom stereocenters. The van der Waals surface area contributed by atoms with Gasteiger partial charge in [0.25, 0.3) is 0 Å². The van der Waals surface area contributed by atoms with Crippen molar-refractivity contribution in [1.82, 2.24) is 5.32 Å². The first-order valence-electron chi connectivity index (χ1n) is 6.42. The van der Waals surface area contributed by atoms with Gasteiger partial charge in [-0.05, 0) is 30.0 Å². The standard InChI is InChI=1S/C16H25N/c1-6-13(12-17-5)11-14-7-9-15(10-8-14)16(2,3)4/h7-11,17H,6,12H2,1-5H3. The van der Waals surface area contributed by atoms with E-state index in [2.05, 4.69) is 63.4 Å². The SMILES string of the molecule is CCC(=Cc1ccc(C(C)(C)C)cc1)CNC. The summed E-state index contributed by atoms with van der Waals surface area (Å²) >= 11 is 0. The normalized spacial score (nSPS) is 12.9. The molecule has 0 aromatic heterocycles. The average molecular weight is 231 g/mol. The number of nitrogens with one attached hydrogen (secondary N) is 1. The first-order chi connectivity index (χ1) is 7.97. The molecule has 0 bridgehead atoms. The highest BCUT2D eigenvalue weighted by atomic mass is 14.8. The maximum absolute atomic E-state index is 3.21. The van der Waals surface area contributed by atoms with Crippen molar-refractivity contribution in [2.75, 3.05) is 13.6 Å². The number of hydrogen-bond donors (Lipinski definition) is 1. The van der Waals surface area contributed by atoms with E-state index in [1.54, 1.807) is 0 Å². The van der Waals surface area contributed by atoms with Gasteiger partial charge in [0.05, 0.1) is 0 Å². The molecule has 1 N–H and O–H groups in total. The topological polar surface area (TPSA) is 12.0 Å². The fraction of sp³-hybridized carbons (Fsp3) is 0.500. The lowest BCUT2D eigenvalue weighted by Gasteiger charge is -2.18. The summed E-state index contributed by atoms with van der Waals surface area (Å²) in [6, 6.07) is 8.90. The molecule has 17 heavy (non-hydrogen) atoms. The average Bonchev–Trinajstić information content (AvgIpc) is 2.28. The lowest BCUT2D eigenvalue weighted by Crippen LogP contribution is -2.11. The summed E-state index contributed by atoms with van der Waals surface area (Å²) in [6.45, 7) is 9.91. The van der Waals surface area contributed by atoms with Crippen LogP contribution in [0.15, 0.2) is 29.8 Å². The second kappa shape index (κ2) is 6.02. The highest BCUT2D eigenvalue weighted by Crippen LogP contribution is 2.22. The highest BCUT2D eigenvalue weighted by Gasteiger charge is 2.12. The van der Waals surface area contributed by atoms with Crippen LogP contribution in [-0.2, 0) is 5.41 Å². The van der Waals surface area contributed by atoms with Crippen LogP contribution in [0.4, 0.5) is 0 Å². The number of rotatable bonds is 4. The first-order valence-corrected chi connectivity index (χ1v) is 6.42. The second-order valence-electron chi connectivity index (χ2n) is 5.56. The monoisotopic (exact) mass is 231 g/mol. The van der Waals surface area contributed by atoms with Gasteiger partial charge < -0.3 is 5.32 Å². The summed E-state index contributed by atoms with van der Waals surface area (Å²) < 4.78 is 0. The second-order valence-corrected chi connectivity index (χ2v) is 5.56. The molecule has 1 heteroatoms. The number of likely N-dealkylation sites (N-methyl/N-ethyl adjacent to an activating group) is 1. The van der Waals surface area contributed by atoms with Crippen molar-refractivity contribution < 1.29 is 0 Å². The van der Waals surface area contributed by atoms with Crippen molar-refractivity contribution >= 4 is 6.08 Å². The Bertz CT molecular complexity index is 366. The summed E-state index contributed by atoms with van der Waals surface area (Å²) in [5, 5.41) is 3.21. The van der Waals surface area contributed by atoms with Gasteiger partial charge >= 0.3 is 0 Å². The number of hydrogen-bond acceptors (Lipinski definition) is 1. The van der Waals surface area contributed by atoms with Gasteiger partial charge in [-0.25, -0.2) is 0 Å². The van der Waals surface area contributed by atoms with Crippen molar-refractivity contribution in [1.29, 1.82) is 0 Å². The minimum atomic E-state index is 0.237. The van der Waals surface area contributed by atoms with E-state index < -0.39 is 0 Å². The third kappa shape index (κ3) is 4.35. The molecule has 0 heterocycles. The lowest BCUT2D eigenvalue weighted by atomic mass is 9.86. The van der Waals surface area contributed by atoms with Crippen LogP contribution in [0, 0.1) is 0 Å². The molecule has 0 aliphatic heterocycles. The van der Waals surface area contributed by atoms with Gasteiger partial charge in [-0.1, -0.05) is 63.6 Å². The third-order valence-corrected chi connectivity index (χ3v) is 3.01. The zero-order valence-corrected chi connectivity index (χ0v) is 11.8. The molecule has 0 saturated heterocycles. The molecule has 0 unspecified atom stereocenters. The Morgan fingerprint density at radius 2 is 1.76 bits per heavy atom. The van der Waals surface area contributed by atoms with Crippen LogP contribution in [-0.4, -0.2) is 13.6 Å².